The highest BCUT2D eigenvalue weighted by Gasteiger charge is 2.21. The minimum Gasteiger partial charge on any atom is -0.313 e. The van der Waals surface area contributed by atoms with E-state index in [0.29, 0.717) is 0 Å². The third-order valence-corrected chi connectivity index (χ3v) is 4.35. The van der Waals surface area contributed by atoms with Gasteiger partial charge in [0.1, 0.15) is 9.84 Å². The molecule has 0 aliphatic heterocycles. The largest absolute Gasteiger partial charge is 0.313 e. The van der Waals surface area contributed by atoms with Crippen LogP contribution in [0.2, 0.25) is 0 Å². The Labute approximate surface area is 99.9 Å². The predicted octanol–water partition coefficient (Wildman–Crippen LogP) is 1.98. The molecule has 96 valence electrons. The lowest BCUT2D eigenvalue weighted by atomic mass is 9.85. The monoisotopic (exact) mass is 247 g/mol. The van der Waals surface area contributed by atoms with Crippen molar-refractivity contribution < 1.29 is 8.42 Å². The van der Waals surface area contributed by atoms with Gasteiger partial charge in [-0.15, -0.1) is 0 Å². The molecule has 0 amide bonds. The van der Waals surface area contributed by atoms with Crippen molar-refractivity contribution in [2.45, 2.75) is 51.5 Å². The van der Waals surface area contributed by atoms with Gasteiger partial charge in [0.05, 0.1) is 5.75 Å². The molecule has 0 spiro atoms. The normalized spacial score (nSPS) is 20.9. The summed E-state index contributed by atoms with van der Waals surface area (Å²) in [6, 6.07) is 0.156. The van der Waals surface area contributed by atoms with E-state index >= 15 is 0 Å². The molecule has 1 saturated carbocycles. The van der Waals surface area contributed by atoms with Crippen molar-refractivity contribution >= 4 is 9.84 Å². The van der Waals surface area contributed by atoms with Gasteiger partial charge in [0.25, 0.3) is 0 Å². The molecule has 0 saturated heterocycles. The van der Waals surface area contributed by atoms with Crippen LogP contribution in [0.1, 0.15) is 45.4 Å². The predicted molar refractivity (Wildman–Crippen MR) is 68.4 cm³/mol. The Morgan fingerprint density at radius 3 is 2.38 bits per heavy atom. The van der Waals surface area contributed by atoms with Gasteiger partial charge in [0, 0.05) is 12.3 Å². The molecule has 0 aromatic heterocycles. The summed E-state index contributed by atoms with van der Waals surface area (Å²) in [4.78, 5) is 0. The first-order valence-corrected chi connectivity index (χ1v) is 8.48. The summed E-state index contributed by atoms with van der Waals surface area (Å²) < 4.78 is 22.6. The summed E-state index contributed by atoms with van der Waals surface area (Å²) in [5.41, 5.74) is 0. The zero-order chi connectivity index (χ0) is 12.0. The molecule has 16 heavy (non-hydrogen) atoms. The fraction of sp³-hybridized carbons (Fsp3) is 1.00. The Kier molecular flexibility index (Phi) is 5.76. The maximum Gasteiger partial charge on any atom is 0.148 e. The van der Waals surface area contributed by atoms with Gasteiger partial charge in [-0.05, 0) is 18.9 Å². The second-order valence-electron chi connectivity index (χ2n) is 5.09. The number of rotatable bonds is 6. The van der Waals surface area contributed by atoms with Gasteiger partial charge >= 0.3 is 0 Å². The molecule has 3 nitrogen and oxygen atoms in total. The van der Waals surface area contributed by atoms with Gasteiger partial charge in [-0.3, -0.25) is 0 Å². The van der Waals surface area contributed by atoms with Crippen molar-refractivity contribution in [2.75, 3.05) is 18.6 Å². The number of hydrogen-bond donors (Lipinski definition) is 1. The van der Waals surface area contributed by atoms with Crippen LogP contribution in [-0.4, -0.2) is 33.0 Å². The lowest BCUT2D eigenvalue weighted by molar-refractivity contribution is 0.307. The Morgan fingerprint density at radius 1 is 1.25 bits per heavy atom. The average molecular weight is 247 g/mol. The van der Waals surface area contributed by atoms with E-state index in [0.717, 1.165) is 18.9 Å². The highest BCUT2D eigenvalue weighted by molar-refractivity contribution is 7.90. The standard InChI is InChI=1S/C12H25NO2S/c1-3-13-12(10-16(2,14)15)9-11-7-5-4-6-8-11/h11-13H,3-10H2,1-2H3. The van der Waals surface area contributed by atoms with Crippen molar-refractivity contribution in [3.8, 4) is 0 Å². The van der Waals surface area contributed by atoms with E-state index in [4.69, 9.17) is 0 Å². The van der Waals surface area contributed by atoms with E-state index < -0.39 is 9.84 Å². The summed E-state index contributed by atoms with van der Waals surface area (Å²) in [6.45, 7) is 2.89. The smallest absolute Gasteiger partial charge is 0.148 e. The van der Waals surface area contributed by atoms with Crippen molar-refractivity contribution in [1.29, 1.82) is 0 Å². The van der Waals surface area contributed by atoms with Gasteiger partial charge in [-0.1, -0.05) is 39.0 Å². The third kappa shape index (κ3) is 5.85. The molecule has 1 N–H and O–H groups in total. The molecular formula is C12H25NO2S. The van der Waals surface area contributed by atoms with Crippen LogP contribution in [-0.2, 0) is 9.84 Å². The van der Waals surface area contributed by atoms with Crippen LogP contribution in [0.5, 0.6) is 0 Å². The van der Waals surface area contributed by atoms with Gasteiger partial charge < -0.3 is 5.32 Å². The molecule has 0 radical (unpaired) electrons. The summed E-state index contributed by atoms with van der Waals surface area (Å²) >= 11 is 0. The van der Waals surface area contributed by atoms with E-state index in [-0.39, 0.29) is 11.8 Å². The minimum absolute atomic E-state index is 0.156. The molecule has 0 aromatic rings. The summed E-state index contributed by atoms with van der Waals surface area (Å²) in [7, 11) is -2.86. The van der Waals surface area contributed by atoms with E-state index in [1.807, 2.05) is 6.92 Å². The first-order valence-electron chi connectivity index (χ1n) is 6.42. The van der Waals surface area contributed by atoms with Crippen LogP contribution >= 0.6 is 0 Å². The van der Waals surface area contributed by atoms with Crippen LogP contribution < -0.4 is 5.32 Å². The second kappa shape index (κ2) is 6.60. The number of hydrogen-bond acceptors (Lipinski definition) is 3. The first kappa shape index (κ1) is 14.0. The number of nitrogens with one attached hydrogen (secondary N) is 1. The molecule has 1 unspecified atom stereocenters. The van der Waals surface area contributed by atoms with E-state index in [2.05, 4.69) is 5.32 Å². The highest BCUT2D eigenvalue weighted by Crippen LogP contribution is 2.27. The van der Waals surface area contributed by atoms with Crippen molar-refractivity contribution in [3.63, 3.8) is 0 Å². The van der Waals surface area contributed by atoms with Gasteiger partial charge in [-0.2, -0.15) is 0 Å². The number of sulfone groups is 1. The fourth-order valence-electron chi connectivity index (χ4n) is 2.69. The Hall–Kier alpha value is -0.0900. The Bertz CT molecular complexity index is 281. The lowest BCUT2D eigenvalue weighted by Crippen LogP contribution is -2.37. The van der Waals surface area contributed by atoms with Crippen molar-refractivity contribution in [1.82, 2.24) is 5.32 Å². The zero-order valence-electron chi connectivity index (χ0n) is 10.5. The minimum atomic E-state index is -2.86. The second-order valence-corrected chi connectivity index (χ2v) is 7.27. The van der Waals surface area contributed by atoms with Crippen LogP contribution in [0.25, 0.3) is 0 Å². The lowest BCUT2D eigenvalue weighted by Gasteiger charge is -2.26. The van der Waals surface area contributed by atoms with Crippen molar-refractivity contribution in [3.05, 3.63) is 0 Å². The first-order chi connectivity index (χ1) is 7.51. The SMILES string of the molecule is CCNC(CC1CCCCC1)CS(C)(=O)=O. The van der Waals surface area contributed by atoms with Crippen LogP contribution in [0.4, 0.5) is 0 Å². The van der Waals surface area contributed by atoms with Crippen LogP contribution in [0.3, 0.4) is 0 Å². The highest BCUT2D eigenvalue weighted by atomic mass is 32.2. The maximum absolute atomic E-state index is 11.3. The molecule has 0 bridgehead atoms. The molecule has 1 rings (SSSR count). The van der Waals surface area contributed by atoms with E-state index in [1.165, 1.54) is 38.4 Å². The van der Waals surface area contributed by atoms with E-state index in [1.54, 1.807) is 0 Å². The van der Waals surface area contributed by atoms with Gasteiger partial charge in [0.2, 0.25) is 0 Å². The fourth-order valence-corrected chi connectivity index (χ4v) is 3.67. The molecule has 0 aromatic carbocycles. The van der Waals surface area contributed by atoms with E-state index in [9.17, 15) is 8.42 Å². The van der Waals surface area contributed by atoms with Gasteiger partial charge in [-0.25, -0.2) is 8.42 Å². The van der Waals surface area contributed by atoms with Crippen LogP contribution in [0, 0.1) is 5.92 Å². The molecule has 1 atom stereocenters. The summed E-state index contributed by atoms with van der Waals surface area (Å²) in [6.07, 6.45) is 8.93. The summed E-state index contributed by atoms with van der Waals surface area (Å²) in [5.74, 6) is 1.02. The van der Waals surface area contributed by atoms with Gasteiger partial charge in [0.15, 0.2) is 0 Å². The molecule has 0 heterocycles. The zero-order valence-corrected chi connectivity index (χ0v) is 11.4. The molecular weight excluding hydrogens is 222 g/mol. The van der Waals surface area contributed by atoms with Crippen molar-refractivity contribution in [2.24, 2.45) is 5.92 Å². The quantitative estimate of drug-likeness (QED) is 0.780. The third-order valence-electron chi connectivity index (χ3n) is 3.34. The molecule has 4 heteroatoms. The van der Waals surface area contributed by atoms with Crippen LogP contribution in [0.15, 0.2) is 0 Å². The maximum atomic E-state index is 11.3. The topological polar surface area (TPSA) is 46.2 Å². The molecule has 1 aliphatic rings. The Balaban J connectivity index is 2.43. The Morgan fingerprint density at radius 2 is 1.88 bits per heavy atom. The summed E-state index contributed by atoms with van der Waals surface area (Å²) in [5, 5.41) is 3.31. The average Bonchev–Trinajstić information content (AvgIpc) is 2.17. The molecule has 1 aliphatic carbocycles. The molecule has 1 fully saturated rings.